The molecule has 0 radical (unpaired) electrons. The van der Waals surface area contributed by atoms with Crippen molar-refractivity contribution in [3.05, 3.63) is 60.4 Å². The third kappa shape index (κ3) is 1.58. The minimum absolute atomic E-state index is 0.887. The molecule has 2 nitrogen and oxygen atoms in total. The first-order valence-electron chi connectivity index (χ1n) is 5.37. The fraction of sp³-hybridized carbons (Fsp3) is 0. The van der Waals surface area contributed by atoms with Crippen LogP contribution < -0.4 is 0 Å². The Morgan fingerprint density at radius 3 is 2.65 bits per heavy atom. The molecule has 3 aromatic rings. The molecule has 0 aliphatic heterocycles. The highest BCUT2D eigenvalue weighted by Gasteiger charge is 2.02. The Kier molecular flexibility index (Phi) is 2.16. The number of pyridine rings is 1. The van der Waals surface area contributed by atoms with E-state index in [1.54, 1.807) is 6.20 Å². The van der Waals surface area contributed by atoms with E-state index in [9.17, 15) is 0 Å². The van der Waals surface area contributed by atoms with Crippen LogP contribution in [0.25, 0.3) is 16.7 Å². The van der Waals surface area contributed by atoms with Gasteiger partial charge in [0.25, 0.3) is 0 Å². The van der Waals surface area contributed by atoms with Crippen LogP contribution in [-0.2, 0) is 0 Å². The standard InChI is InChI=1S/C15H10N2/c1-2-12-5-7-14(8-6-12)17-11-9-13-4-3-10-16-15(13)17/h1,3-11H. The van der Waals surface area contributed by atoms with Crippen molar-refractivity contribution in [1.29, 1.82) is 0 Å². The molecular weight excluding hydrogens is 208 g/mol. The molecule has 0 atom stereocenters. The van der Waals surface area contributed by atoms with Gasteiger partial charge in [-0.2, -0.15) is 0 Å². The lowest BCUT2D eigenvalue weighted by atomic mass is 10.2. The summed E-state index contributed by atoms with van der Waals surface area (Å²) in [6.45, 7) is 0. The second-order valence-electron chi connectivity index (χ2n) is 3.79. The molecule has 3 rings (SSSR count). The van der Waals surface area contributed by atoms with Crippen LogP contribution in [0.2, 0.25) is 0 Å². The van der Waals surface area contributed by atoms with Crippen LogP contribution >= 0.6 is 0 Å². The van der Waals surface area contributed by atoms with Gasteiger partial charge in [0.1, 0.15) is 5.65 Å². The topological polar surface area (TPSA) is 17.8 Å². The van der Waals surface area contributed by atoms with Crippen molar-refractivity contribution in [2.24, 2.45) is 0 Å². The molecule has 0 amide bonds. The number of hydrogen-bond acceptors (Lipinski definition) is 1. The van der Waals surface area contributed by atoms with Crippen LogP contribution in [0.1, 0.15) is 5.56 Å². The molecule has 17 heavy (non-hydrogen) atoms. The molecule has 2 heteroatoms. The first kappa shape index (κ1) is 9.68. The van der Waals surface area contributed by atoms with Crippen molar-refractivity contribution < 1.29 is 0 Å². The van der Waals surface area contributed by atoms with Crippen molar-refractivity contribution in [1.82, 2.24) is 9.55 Å². The highest BCUT2D eigenvalue weighted by molar-refractivity contribution is 5.77. The summed E-state index contributed by atoms with van der Waals surface area (Å²) in [6, 6.07) is 13.9. The van der Waals surface area contributed by atoms with E-state index in [1.807, 2.05) is 36.5 Å². The van der Waals surface area contributed by atoms with Crippen molar-refractivity contribution in [3.8, 4) is 18.0 Å². The molecule has 0 spiro atoms. The maximum Gasteiger partial charge on any atom is 0.144 e. The molecule has 0 fully saturated rings. The van der Waals surface area contributed by atoms with Crippen LogP contribution in [0.4, 0.5) is 0 Å². The Balaban J connectivity index is 2.17. The third-order valence-corrected chi connectivity index (χ3v) is 2.76. The van der Waals surface area contributed by atoms with Crippen LogP contribution in [-0.4, -0.2) is 9.55 Å². The molecular formula is C15H10N2. The third-order valence-electron chi connectivity index (χ3n) is 2.76. The van der Waals surface area contributed by atoms with Crippen molar-refractivity contribution in [2.75, 3.05) is 0 Å². The average molecular weight is 218 g/mol. The normalized spacial score (nSPS) is 10.3. The smallest absolute Gasteiger partial charge is 0.144 e. The number of rotatable bonds is 1. The van der Waals surface area contributed by atoms with E-state index in [-0.39, 0.29) is 0 Å². The van der Waals surface area contributed by atoms with Crippen LogP contribution in [0.5, 0.6) is 0 Å². The zero-order chi connectivity index (χ0) is 11.7. The van der Waals surface area contributed by atoms with Gasteiger partial charge in [0.2, 0.25) is 0 Å². The molecule has 0 aliphatic carbocycles. The van der Waals surface area contributed by atoms with Gasteiger partial charge in [-0.25, -0.2) is 4.98 Å². The van der Waals surface area contributed by atoms with Crippen molar-refractivity contribution >= 4 is 11.0 Å². The fourth-order valence-electron chi connectivity index (χ4n) is 1.89. The molecule has 2 heterocycles. The number of benzene rings is 1. The lowest BCUT2D eigenvalue weighted by molar-refractivity contribution is 1.09. The maximum absolute atomic E-state index is 5.34. The number of fused-ring (bicyclic) bond motifs is 1. The van der Waals surface area contributed by atoms with E-state index in [4.69, 9.17) is 6.42 Å². The van der Waals surface area contributed by atoms with Gasteiger partial charge >= 0.3 is 0 Å². The molecule has 0 N–H and O–H groups in total. The highest BCUT2D eigenvalue weighted by Crippen LogP contribution is 2.18. The molecule has 0 unspecified atom stereocenters. The summed E-state index contributed by atoms with van der Waals surface area (Å²) in [4.78, 5) is 4.38. The Morgan fingerprint density at radius 1 is 1.06 bits per heavy atom. The second kappa shape index (κ2) is 3.80. The monoisotopic (exact) mass is 218 g/mol. The van der Waals surface area contributed by atoms with Gasteiger partial charge in [-0.05, 0) is 42.5 Å². The Morgan fingerprint density at radius 2 is 1.88 bits per heavy atom. The Bertz CT molecular complexity index is 700. The molecule has 2 aromatic heterocycles. The molecule has 0 saturated heterocycles. The molecule has 0 aliphatic rings. The van der Waals surface area contributed by atoms with Gasteiger partial charge in [-0.3, -0.25) is 0 Å². The molecule has 0 saturated carbocycles. The summed E-state index contributed by atoms with van der Waals surface area (Å²) in [6.07, 6.45) is 9.16. The minimum atomic E-state index is 0.887. The van der Waals surface area contributed by atoms with E-state index in [0.29, 0.717) is 0 Å². The number of terminal acetylenes is 1. The number of nitrogens with zero attached hydrogens (tertiary/aromatic N) is 2. The lowest BCUT2D eigenvalue weighted by Crippen LogP contribution is -1.93. The fourth-order valence-corrected chi connectivity index (χ4v) is 1.89. The molecule has 0 bridgehead atoms. The van der Waals surface area contributed by atoms with E-state index in [2.05, 4.69) is 27.6 Å². The van der Waals surface area contributed by atoms with E-state index in [1.165, 1.54) is 0 Å². The van der Waals surface area contributed by atoms with E-state index < -0.39 is 0 Å². The first-order chi connectivity index (χ1) is 8.38. The van der Waals surface area contributed by atoms with Crippen LogP contribution in [0.15, 0.2) is 54.9 Å². The zero-order valence-corrected chi connectivity index (χ0v) is 9.17. The lowest BCUT2D eigenvalue weighted by Gasteiger charge is -2.04. The summed E-state index contributed by atoms with van der Waals surface area (Å²) < 4.78 is 2.05. The Hall–Kier alpha value is -2.53. The van der Waals surface area contributed by atoms with Crippen LogP contribution in [0.3, 0.4) is 0 Å². The van der Waals surface area contributed by atoms with Gasteiger partial charge in [0, 0.05) is 29.0 Å². The first-order valence-corrected chi connectivity index (χ1v) is 5.37. The Labute approximate surface area is 99.5 Å². The molecule has 80 valence electrons. The molecule has 1 aromatic carbocycles. The minimum Gasteiger partial charge on any atom is -0.301 e. The van der Waals surface area contributed by atoms with Crippen molar-refractivity contribution in [3.63, 3.8) is 0 Å². The second-order valence-corrected chi connectivity index (χ2v) is 3.79. The predicted molar refractivity (Wildman–Crippen MR) is 69.0 cm³/mol. The van der Waals surface area contributed by atoms with Gasteiger partial charge < -0.3 is 4.57 Å². The average Bonchev–Trinajstić information content (AvgIpc) is 2.83. The van der Waals surface area contributed by atoms with Gasteiger partial charge in [0.15, 0.2) is 0 Å². The van der Waals surface area contributed by atoms with Gasteiger partial charge in [0.05, 0.1) is 0 Å². The zero-order valence-electron chi connectivity index (χ0n) is 9.17. The summed E-state index contributed by atoms with van der Waals surface area (Å²) in [5, 5.41) is 1.13. The SMILES string of the molecule is C#Cc1ccc(-n2ccc3cccnc32)cc1. The van der Waals surface area contributed by atoms with E-state index >= 15 is 0 Å². The highest BCUT2D eigenvalue weighted by atomic mass is 15.0. The number of aromatic nitrogens is 2. The summed E-state index contributed by atoms with van der Waals surface area (Å²) in [5.74, 6) is 2.61. The summed E-state index contributed by atoms with van der Waals surface area (Å²) in [5.41, 5.74) is 2.91. The summed E-state index contributed by atoms with van der Waals surface area (Å²) in [7, 11) is 0. The summed E-state index contributed by atoms with van der Waals surface area (Å²) >= 11 is 0. The number of hydrogen-bond donors (Lipinski definition) is 0. The van der Waals surface area contributed by atoms with Crippen molar-refractivity contribution in [2.45, 2.75) is 0 Å². The van der Waals surface area contributed by atoms with Crippen LogP contribution in [0, 0.1) is 12.3 Å². The van der Waals surface area contributed by atoms with E-state index in [0.717, 1.165) is 22.3 Å². The van der Waals surface area contributed by atoms with Gasteiger partial charge in [-0.15, -0.1) is 6.42 Å². The quantitative estimate of drug-likeness (QED) is 0.574. The maximum atomic E-state index is 5.34. The largest absolute Gasteiger partial charge is 0.301 e. The predicted octanol–water partition coefficient (Wildman–Crippen LogP) is 3.01. The van der Waals surface area contributed by atoms with Gasteiger partial charge in [-0.1, -0.05) is 5.92 Å².